The van der Waals surface area contributed by atoms with Gasteiger partial charge in [0.2, 0.25) is 9.05 Å². The van der Waals surface area contributed by atoms with Crippen LogP contribution in [0.4, 0.5) is 0 Å². The van der Waals surface area contributed by atoms with Crippen molar-refractivity contribution in [3.05, 3.63) is 27.7 Å². The van der Waals surface area contributed by atoms with Crippen LogP contribution in [0, 0.1) is 0 Å². The maximum Gasteiger partial charge on any atom is 0.235 e. The van der Waals surface area contributed by atoms with Crippen molar-refractivity contribution < 1.29 is 13.2 Å². The molecule has 3 nitrogen and oxygen atoms in total. The quantitative estimate of drug-likeness (QED) is 0.795. The monoisotopic (exact) mass is 332 g/mol. The zero-order valence-corrected chi connectivity index (χ0v) is 11.3. The zero-order valence-electron chi connectivity index (χ0n) is 7.41. The lowest BCUT2D eigenvalue weighted by Gasteiger charge is -2.05. The van der Waals surface area contributed by atoms with Crippen LogP contribution < -0.4 is 4.74 Å². The Hall–Kier alpha value is 0.0300. The van der Waals surface area contributed by atoms with Gasteiger partial charge >= 0.3 is 0 Å². The average molecular weight is 334 g/mol. The van der Waals surface area contributed by atoms with Crippen LogP contribution in [-0.4, -0.2) is 20.8 Å². The first-order valence-corrected chi connectivity index (χ1v) is 7.53. The van der Waals surface area contributed by atoms with Crippen molar-refractivity contribution in [3.8, 4) is 5.75 Å². The Morgan fingerprint density at radius 2 is 2.00 bits per heavy atom. The topological polar surface area (TPSA) is 43.4 Å². The van der Waals surface area contributed by atoms with Crippen LogP contribution in [-0.2, 0) is 9.05 Å². The molecule has 0 heterocycles. The molecule has 0 saturated carbocycles. The number of hydrogen-bond acceptors (Lipinski definition) is 3. The van der Waals surface area contributed by atoms with E-state index in [0.717, 1.165) is 4.47 Å². The van der Waals surface area contributed by atoms with E-state index in [-0.39, 0.29) is 12.4 Å². The highest BCUT2D eigenvalue weighted by molar-refractivity contribution is 9.10. The summed E-state index contributed by atoms with van der Waals surface area (Å²) in [6.07, 6.45) is 0. The van der Waals surface area contributed by atoms with Gasteiger partial charge in [-0.1, -0.05) is 27.5 Å². The van der Waals surface area contributed by atoms with Crippen LogP contribution in [0.5, 0.6) is 5.75 Å². The molecule has 15 heavy (non-hydrogen) atoms. The van der Waals surface area contributed by atoms with Crippen molar-refractivity contribution in [1.82, 2.24) is 0 Å². The van der Waals surface area contributed by atoms with Gasteiger partial charge in [0.05, 0.1) is 5.75 Å². The van der Waals surface area contributed by atoms with Crippen LogP contribution in [0.2, 0.25) is 5.02 Å². The molecule has 0 aliphatic carbocycles. The van der Waals surface area contributed by atoms with Crippen LogP contribution in [0.25, 0.3) is 0 Å². The molecule has 0 radical (unpaired) electrons. The summed E-state index contributed by atoms with van der Waals surface area (Å²) in [6.45, 7) is -0.00137. The summed E-state index contributed by atoms with van der Waals surface area (Å²) >= 11 is 9.00. The van der Waals surface area contributed by atoms with Crippen LogP contribution >= 0.6 is 38.2 Å². The van der Waals surface area contributed by atoms with Gasteiger partial charge < -0.3 is 4.74 Å². The molecule has 0 spiro atoms. The van der Waals surface area contributed by atoms with E-state index >= 15 is 0 Å². The summed E-state index contributed by atoms with van der Waals surface area (Å²) in [5.74, 6) is 0.258. The van der Waals surface area contributed by atoms with Gasteiger partial charge in [0.15, 0.2) is 0 Å². The normalized spacial score (nSPS) is 11.4. The Kier molecular flexibility index (Phi) is 4.70. The molecule has 0 aromatic heterocycles. The number of benzene rings is 1. The van der Waals surface area contributed by atoms with Gasteiger partial charge in [-0.25, -0.2) is 8.42 Å². The number of ether oxygens (including phenoxy) is 1. The van der Waals surface area contributed by atoms with Gasteiger partial charge in [-0.2, -0.15) is 0 Å². The summed E-state index contributed by atoms with van der Waals surface area (Å²) in [6, 6.07) is 4.98. The molecule has 0 unspecified atom stereocenters. The fourth-order valence-corrected chi connectivity index (χ4v) is 2.17. The van der Waals surface area contributed by atoms with Crippen molar-refractivity contribution in [3.63, 3.8) is 0 Å². The number of rotatable bonds is 4. The van der Waals surface area contributed by atoms with E-state index in [9.17, 15) is 8.42 Å². The second-order valence-corrected chi connectivity index (χ2v) is 6.95. The molecule has 1 aromatic carbocycles. The molecule has 0 atom stereocenters. The highest BCUT2D eigenvalue weighted by Gasteiger charge is 2.05. The van der Waals surface area contributed by atoms with E-state index in [2.05, 4.69) is 15.9 Å². The summed E-state index contributed by atoms with van der Waals surface area (Å²) in [4.78, 5) is 0. The predicted octanol–water partition coefficient (Wildman–Crippen LogP) is 3.05. The molecule has 0 aliphatic heterocycles. The van der Waals surface area contributed by atoms with Crippen LogP contribution in [0.1, 0.15) is 0 Å². The first kappa shape index (κ1) is 13.1. The molecule has 1 rings (SSSR count). The molecule has 0 amide bonds. The van der Waals surface area contributed by atoms with E-state index in [1.54, 1.807) is 18.2 Å². The summed E-state index contributed by atoms with van der Waals surface area (Å²) in [5, 5.41) is 0.508. The smallest absolute Gasteiger partial charge is 0.235 e. The minimum Gasteiger partial charge on any atom is -0.492 e. The molecule has 0 fully saturated rings. The molecule has 0 N–H and O–H groups in total. The van der Waals surface area contributed by atoms with Gasteiger partial charge in [-0.15, -0.1) is 0 Å². The summed E-state index contributed by atoms with van der Waals surface area (Å²) in [7, 11) is 1.51. The van der Waals surface area contributed by atoms with Gasteiger partial charge in [-0.05, 0) is 18.2 Å². The first-order chi connectivity index (χ1) is 6.87. The fourth-order valence-electron chi connectivity index (χ4n) is 0.871. The Bertz CT molecular complexity index is 427. The molecule has 1 aromatic rings. The second-order valence-electron chi connectivity index (χ2n) is 2.70. The third-order valence-electron chi connectivity index (χ3n) is 1.43. The van der Waals surface area contributed by atoms with Crippen molar-refractivity contribution in [2.45, 2.75) is 0 Å². The summed E-state index contributed by atoms with van der Waals surface area (Å²) in [5.41, 5.74) is 0. The third kappa shape index (κ3) is 5.61. The van der Waals surface area contributed by atoms with E-state index in [0.29, 0.717) is 10.8 Å². The molecule has 0 aliphatic rings. The highest BCUT2D eigenvalue weighted by Crippen LogP contribution is 2.24. The van der Waals surface area contributed by atoms with Crippen LogP contribution in [0.15, 0.2) is 22.7 Å². The Morgan fingerprint density at radius 1 is 1.33 bits per heavy atom. The van der Waals surface area contributed by atoms with Gasteiger partial charge in [-0.3, -0.25) is 0 Å². The standard InChI is InChI=1S/C8H7BrCl2O3S/c9-6-3-7(10)5-8(4-6)14-1-2-15(11,12)13/h3-5H,1-2H2. The summed E-state index contributed by atoms with van der Waals surface area (Å²) < 4.78 is 27.1. The maximum atomic E-state index is 10.6. The molecular formula is C8H7BrCl2O3S. The Morgan fingerprint density at radius 3 is 2.53 bits per heavy atom. The van der Waals surface area contributed by atoms with Gasteiger partial charge in [0.25, 0.3) is 0 Å². The van der Waals surface area contributed by atoms with Crippen molar-refractivity contribution in [2.24, 2.45) is 0 Å². The number of halogens is 3. The molecule has 0 saturated heterocycles. The van der Waals surface area contributed by atoms with Crippen molar-refractivity contribution in [1.29, 1.82) is 0 Å². The van der Waals surface area contributed by atoms with Gasteiger partial charge in [0.1, 0.15) is 12.4 Å². The largest absolute Gasteiger partial charge is 0.492 e. The first-order valence-electron chi connectivity index (χ1n) is 3.88. The molecule has 0 bridgehead atoms. The molecule has 7 heteroatoms. The Balaban J connectivity index is 2.58. The van der Waals surface area contributed by atoms with Crippen molar-refractivity contribution >= 4 is 47.3 Å². The zero-order chi connectivity index (χ0) is 11.5. The molecular weight excluding hydrogens is 327 g/mol. The lowest BCUT2D eigenvalue weighted by molar-refractivity contribution is 0.341. The third-order valence-corrected chi connectivity index (χ3v) is 3.23. The van der Waals surface area contributed by atoms with E-state index in [1.807, 2.05) is 0 Å². The molecule has 84 valence electrons. The van der Waals surface area contributed by atoms with Gasteiger partial charge in [0, 0.05) is 20.2 Å². The Labute approximate surface area is 106 Å². The van der Waals surface area contributed by atoms with Crippen molar-refractivity contribution in [2.75, 3.05) is 12.4 Å². The van der Waals surface area contributed by atoms with E-state index in [1.165, 1.54) is 0 Å². The minimum absolute atomic E-state index is 0.00137. The van der Waals surface area contributed by atoms with Crippen LogP contribution in [0.3, 0.4) is 0 Å². The average Bonchev–Trinajstić information content (AvgIpc) is 1.99. The predicted molar refractivity (Wildman–Crippen MR) is 64.3 cm³/mol. The highest BCUT2D eigenvalue weighted by atomic mass is 79.9. The lowest BCUT2D eigenvalue weighted by atomic mass is 10.3. The second kappa shape index (κ2) is 5.39. The lowest BCUT2D eigenvalue weighted by Crippen LogP contribution is -2.08. The fraction of sp³-hybridized carbons (Fsp3) is 0.250. The minimum atomic E-state index is -3.51. The SMILES string of the molecule is O=S(=O)(Cl)CCOc1cc(Cl)cc(Br)c1. The van der Waals surface area contributed by atoms with E-state index < -0.39 is 9.05 Å². The number of hydrogen-bond donors (Lipinski definition) is 0. The maximum absolute atomic E-state index is 10.6. The van der Waals surface area contributed by atoms with E-state index in [4.69, 9.17) is 27.0 Å².